The highest BCUT2D eigenvalue weighted by Gasteiger charge is 2.22. The van der Waals surface area contributed by atoms with Crippen molar-refractivity contribution >= 4 is 16.0 Å². The molecule has 1 heterocycles. The smallest absolute Gasteiger partial charge is 0.442 e. The first-order valence-electron chi connectivity index (χ1n) is 5.62. The minimum absolute atomic E-state index is 0.612. The maximum Gasteiger partial charge on any atom is 0.443 e. The summed E-state index contributed by atoms with van der Waals surface area (Å²) < 4.78 is 22.7. The van der Waals surface area contributed by atoms with Gasteiger partial charge in [0.1, 0.15) is 15.5 Å². The second kappa shape index (κ2) is 5.32. The number of nitrogens with one attached hydrogen (secondary N) is 1. The van der Waals surface area contributed by atoms with Gasteiger partial charge in [-0.1, -0.05) is 0 Å². The van der Waals surface area contributed by atoms with Crippen LogP contribution in [0, 0.1) is 0 Å². The van der Waals surface area contributed by atoms with E-state index in [1.807, 2.05) is 0 Å². The Bertz CT molecular complexity index is 388. The van der Waals surface area contributed by atoms with Gasteiger partial charge in [0, 0.05) is 32.4 Å². The first-order chi connectivity index (χ1) is 7.71. The summed E-state index contributed by atoms with van der Waals surface area (Å²) in [4.78, 5) is 11.5. The molecule has 0 aliphatic carbocycles. The summed E-state index contributed by atoms with van der Waals surface area (Å²) in [7, 11) is -2.66. The molecule has 0 aromatic carbocycles. The van der Waals surface area contributed by atoms with E-state index in [-0.39, 0.29) is 0 Å². The lowest BCUT2D eigenvalue weighted by Gasteiger charge is -2.27. The molecule has 1 fully saturated rings. The van der Waals surface area contributed by atoms with E-state index in [0.29, 0.717) is 13.1 Å². The maximum atomic E-state index is 12.3. The lowest BCUT2D eigenvalue weighted by atomic mass is 10.2. The lowest BCUT2D eigenvalue weighted by molar-refractivity contribution is 0.0606. The quantitative estimate of drug-likeness (QED) is 0.761. The molecule has 100 valence electrons. The largest absolute Gasteiger partial charge is 0.443 e. The predicted molar refractivity (Wildman–Crippen MR) is 67.2 cm³/mol. The third-order valence-corrected chi connectivity index (χ3v) is 4.00. The third kappa shape index (κ3) is 5.01. The Balaban J connectivity index is 2.74. The topological polar surface area (TPSA) is 71.0 Å². The Labute approximate surface area is 103 Å². The van der Waals surface area contributed by atoms with E-state index in [2.05, 4.69) is 9.68 Å². The zero-order valence-corrected chi connectivity index (χ0v) is 11.7. The van der Waals surface area contributed by atoms with Gasteiger partial charge in [0.15, 0.2) is 0 Å². The van der Waals surface area contributed by atoms with Gasteiger partial charge in [0.25, 0.3) is 0 Å². The molecule has 7 heteroatoms. The standard InChI is InChI=1S/C10H21N3O3S/c1-10(2,3)16-9(14)12-17(4,15)13-7-5-11-6-8-13/h11H,5-8H2,1-4H3. The normalized spacial score (nSPS) is 21.6. The molecule has 1 aliphatic heterocycles. The van der Waals surface area contributed by atoms with Crippen LogP contribution in [0.3, 0.4) is 0 Å². The van der Waals surface area contributed by atoms with Crippen molar-refractivity contribution in [1.29, 1.82) is 0 Å². The van der Waals surface area contributed by atoms with Crippen molar-refractivity contribution in [3.63, 3.8) is 0 Å². The van der Waals surface area contributed by atoms with Crippen molar-refractivity contribution < 1.29 is 13.7 Å². The second-order valence-corrected chi connectivity index (χ2v) is 7.24. The number of hydrogen-bond acceptors (Lipinski definition) is 4. The van der Waals surface area contributed by atoms with E-state index in [1.165, 1.54) is 6.26 Å². The zero-order chi connectivity index (χ0) is 13.1. The van der Waals surface area contributed by atoms with Crippen molar-refractivity contribution in [2.45, 2.75) is 26.4 Å². The van der Waals surface area contributed by atoms with Crippen LogP contribution in [0.1, 0.15) is 20.8 Å². The molecule has 0 aromatic heterocycles. The molecule has 1 N–H and O–H groups in total. The van der Waals surface area contributed by atoms with Crippen LogP contribution < -0.4 is 5.32 Å². The van der Waals surface area contributed by atoms with Crippen molar-refractivity contribution in [3.8, 4) is 0 Å². The highest BCUT2D eigenvalue weighted by molar-refractivity contribution is 7.90. The maximum absolute atomic E-state index is 12.3. The molecule has 1 unspecified atom stereocenters. The van der Waals surface area contributed by atoms with E-state index in [1.54, 1.807) is 25.1 Å². The van der Waals surface area contributed by atoms with Gasteiger partial charge in [0.2, 0.25) is 0 Å². The van der Waals surface area contributed by atoms with E-state index >= 15 is 0 Å². The van der Waals surface area contributed by atoms with Crippen LogP contribution in [0.2, 0.25) is 0 Å². The van der Waals surface area contributed by atoms with Gasteiger partial charge in [-0.05, 0) is 20.8 Å². The zero-order valence-electron chi connectivity index (χ0n) is 10.9. The van der Waals surface area contributed by atoms with Crippen LogP contribution in [-0.4, -0.2) is 52.6 Å². The van der Waals surface area contributed by atoms with E-state index in [9.17, 15) is 9.00 Å². The highest BCUT2D eigenvalue weighted by Crippen LogP contribution is 2.11. The Morgan fingerprint density at radius 1 is 1.35 bits per heavy atom. The number of amides is 1. The van der Waals surface area contributed by atoms with Crippen molar-refractivity contribution in [3.05, 3.63) is 0 Å². The number of rotatable bonds is 1. The van der Waals surface area contributed by atoms with Gasteiger partial charge in [-0.15, -0.1) is 4.36 Å². The molecule has 0 spiro atoms. The summed E-state index contributed by atoms with van der Waals surface area (Å²) in [5.74, 6) is 0. The number of nitrogens with zero attached hydrogens (tertiary/aromatic N) is 2. The van der Waals surface area contributed by atoms with Crippen LogP contribution in [-0.2, 0) is 14.7 Å². The first kappa shape index (κ1) is 14.4. The van der Waals surface area contributed by atoms with Crippen LogP contribution in [0.25, 0.3) is 0 Å². The molecule has 0 bridgehead atoms. The number of hydrogen-bond donors (Lipinski definition) is 1. The molecule has 17 heavy (non-hydrogen) atoms. The summed E-state index contributed by atoms with van der Waals surface area (Å²) in [5.41, 5.74) is -0.612. The summed E-state index contributed by atoms with van der Waals surface area (Å²) in [6, 6.07) is 0. The molecule has 6 nitrogen and oxygen atoms in total. The molecule has 1 aliphatic rings. The Hall–Kier alpha value is -0.660. The lowest BCUT2D eigenvalue weighted by Crippen LogP contribution is -2.46. The number of carbonyl (C=O) groups is 1. The Morgan fingerprint density at radius 3 is 2.35 bits per heavy atom. The van der Waals surface area contributed by atoms with E-state index in [0.717, 1.165) is 13.1 Å². The fourth-order valence-corrected chi connectivity index (χ4v) is 2.75. The van der Waals surface area contributed by atoms with Crippen molar-refractivity contribution in [2.75, 3.05) is 32.4 Å². The third-order valence-electron chi connectivity index (χ3n) is 2.19. The molecule has 1 rings (SSSR count). The second-order valence-electron chi connectivity index (χ2n) is 5.01. The van der Waals surface area contributed by atoms with Gasteiger partial charge < -0.3 is 10.1 Å². The molecule has 1 amide bonds. The molecule has 0 radical (unpaired) electrons. The summed E-state index contributed by atoms with van der Waals surface area (Å²) in [5, 5.41) is 3.15. The molecule has 1 atom stereocenters. The minimum Gasteiger partial charge on any atom is -0.442 e. The number of carbonyl (C=O) groups excluding carboxylic acids is 1. The molecule has 1 saturated heterocycles. The van der Waals surface area contributed by atoms with Gasteiger partial charge in [-0.25, -0.2) is 13.3 Å². The fourth-order valence-electron chi connectivity index (χ4n) is 1.46. The SMILES string of the molecule is CC(C)(C)OC(=O)N=S(C)(=O)N1CCNCC1. The monoisotopic (exact) mass is 263 g/mol. The average molecular weight is 263 g/mol. The predicted octanol–water partition coefficient (Wildman–Crippen LogP) is 0.839. The van der Waals surface area contributed by atoms with Crippen LogP contribution >= 0.6 is 0 Å². The first-order valence-corrected chi connectivity index (χ1v) is 7.50. The molecule has 0 aromatic rings. The Morgan fingerprint density at radius 2 is 1.88 bits per heavy atom. The molecular formula is C10H21N3O3S. The van der Waals surface area contributed by atoms with Crippen LogP contribution in [0.15, 0.2) is 4.36 Å². The van der Waals surface area contributed by atoms with Gasteiger partial charge in [-0.2, -0.15) is 0 Å². The van der Waals surface area contributed by atoms with Gasteiger partial charge in [0.05, 0.1) is 0 Å². The van der Waals surface area contributed by atoms with Gasteiger partial charge in [-0.3, -0.25) is 0 Å². The summed E-state index contributed by atoms with van der Waals surface area (Å²) in [6.45, 7) is 8.03. The average Bonchev–Trinajstić information content (AvgIpc) is 2.15. The number of ether oxygens (including phenoxy) is 1. The molecular weight excluding hydrogens is 242 g/mol. The summed E-state index contributed by atoms with van der Waals surface area (Å²) in [6.07, 6.45) is 0.714. The molecule has 0 saturated carbocycles. The van der Waals surface area contributed by atoms with Crippen molar-refractivity contribution in [1.82, 2.24) is 9.62 Å². The Kier molecular flexibility index (Phi) is 4.51. The highest BCUT2D eigenvalue weighted by atomic mass is 32.2. The van der Waals surface area contributed by atoms with Crippen molar-refractivity contribution in [2.24, 2.45) is 4.36 Å². The minimum atomic E-state index is -2.66. The van der Waals surface area contributed by atoms with Crippen LogP contribution in [0.5, 0.6) is 0 Å². The van der Waals surface area contributed by atoms with E-state index < -0.39 is 21.6 Å². The summed E-state index contributed by atoms with van der Waals surface area (Å²) >= 11 is 0. The van der Waals surface area contributed by atoms with E-state index in [4.69, 9.17) is 4.74 Å². The van der Waals surface area contributed by atoms with Gasteiger partial charge >= 0.3 is 6.09 Å². The number of piperazine rings is 1. The van der Waals surface area contributed by atoms with Crippen LogP contribution in [0.4, 0.5) is 4.79 Å². The fraction of sp³-hybridized carbons (Fsp3) is 0.900.